The van der Waals surface area contributed by atoms with Gasteiger partial charge >= 0.3 is 5.69 Å². The highest BCUT2D eigenvalue weighted by atomic mass is 35.5. The summed E-state index contributed by atoms with van der Waals surface area (Å²) in [7, 11) is 4.26. The number of aliphatic hydroxyl groups is 1. The van der Waals surface area contributed by atoms with Crippen molar-refractivity contribution in [3.05, 3.63) is 43.6 Å². The number of aryl methyl sites for hydroxylation is 1. The smallest absolute Gasteiger partial charge is 0.332 e. The third-order valence-electron chi connectivity index (χ3n) is 4.32. The summed E-state index contributed by atoms with van der Waals surface area (Å²) in [5.74, 6) is 0.172. The average molecular weight is 423 g/mol. The highest BCUT2D eigenvalue weighted by molar-refractivity contribution is 6.32. The van der Waals surface area contributed by atoms with Gasteiger partial charge in [-0.25, -0.2) is 10.2 Å². The van der Waals surface area contributed by atoms with E-state index in [9.17, 15) is 19.8 Å². The first-order valence-electron chi connectivity index (χ1n) is 8.42. The van der Waals surface area contributed by atoms with Crippen molar-refractivity contribution in [1.82, 2.24) is 18.7 Å². The van der Waals surface area contributed by atoms with Crippen molar-refractivity contribution in [3.63, 3.8) is 0 Å². The van der Waals surface area contributed by atoms with Gasteiger partial charge in [0.1, 0.15) is 0 Å². The molecule has 2 aromatic heterocycles. The van der Waals surface area contributed by atoms with Crippen LogP contribution in [0.25, 0.3) is 11.2 Å². The van der Waals surface area contributed by atoms with Crippen LogP contribution in [-0.4, -0.2) is 48.8 Å². The number of hydrogen-bond acceptors (Lipinski definition) is 8. The summed E-state index contributed by atoms with van der Waals surface area (Å²) in [5.41, 5.74) is 2.51. The van der Waals surface area contributed by atoms with E-state index in [0.29, 0.717) is 5.56 Å². The molecular formula is C17H19ClN6O5. The molecule has 11 nitrogen and oxygen atoms in total. The quantitative estimate of drug-likeness (QED) is 0.382. The summed E-state index contributed by atoms with van der Waals surface area (Å²) in [6.45, 7) is -0.179. The zero-order valence-electron chi connectivity index (χ0n) is 15.9. The first kappa shape index (κ1) is 20.4. The van der Waals surface area contributed by atoms with Gasteiger partial charge in [0.15, 0.2) is 22.7 Å². The molecule has 0 atom stereocenters. The van der Waals surface area contributed by atoms with Crippen LogP contribution in [-0.2, 0) is 20.6 Å². The minimum Gasteiger partial charge on any atom is -0.503 e. The van der Waals surface area contributed by atoms with Gasteiger partial charge in [-0.3, -0.25) is 13.9 Å². The van der Waals surface area contributed by atoms with Crippen molar-refractivity contribution >= 4 is 34.9 Å². The molecule has 3 N–H and O–H groups in total. The van der Waals surface area contributed by atoms with Crippen LogP contribution in [0.2, 0.25) is 5.02 Å². The molecule has 3 aromatic rings. The number of aromatic nitrogens is 4. The fourth-order valence-corrected chi connectivity index (χ4v) is 3.06. The third-order valence-corrected chi connectivity index (χ3v) is 4.61. The summed E-state index contributed by atoms with van der Waals surface area (Å²) in [6, 6.07) is 3.02. The SMILES string of the molecule is COc1cc(/C=N/Nc2nc3c(c(=O)n(C)c(=O)n3C)n2CCO)cc(Cl)c1O. The second-order valence-electron chi connectivity index (χ2n) is 6.11. The Kier molecular flexibility index (Phi) is 5.62. The van der Waals surface area contributed by atoms with Crippen LogP contribution >= 0.6 is 11.6 Å². The standard InChI is InChI=1S/C17H19ClN6O5/c1-22-14-12(15(27)23(2)17(22)28)24(4-5-25)16(20-14)21-19-8-9-6-10(18)13(26)11(7-9)29-3/h6-8,25-26H,4-5H2,1-3H3,(H,20,21)/b19-8+. The van der Waals surface area contributed by atoms with Crippen LogP contribution in [0.5, 0.6) is 11.5 Å². The topological polar surface area (TPSA) is 136 Å². The molecule has 154 valence electrons. The number of hydrazone groups is 1. The number of fused-ring (bicyclic) bond motifs is 1. The van der Waals surface area contributed by atoms with Crippen molar-refractivity contribution < 1.29 is 14.9 Å². The number of nitrogens with zero attached hydrogens (tertiary/aromatic N) is 5. The molecule has 0 aliphatic rings. The second kappa shape index (κ2) is 7.97. The van der Waals surface area contributed by atoms with Crippen LogP contribution < -0.4 is 21.4 Å². The Bertz CT molecular complexity index is 1230. The van der Waals surface area contributed by atoms with Crippen LogP contribution in [0.15, 0.2) is 26.8 Å². The highest BCUT2D eigenvalue weighted by Crippen LogP contribution is 2.34. The molecule has 1 aromatic carbocycles. The van der Waals surface area contributed by atoms with Crippen molar-refractivity contribution in [2.24, 2.45) is 19.2 Å². The minimum atomic E-state index is -0.531. The Hall–Kier alpha value is -3.31. The number of benzene rings is 1. The number of phenolic OH excluding ortho intramolecular Hbond substituents is 1. The second-order valence-corrected chi connectivity index (χ2v) is 6.52. The van der Waals surface area contributed by atoms with Gasteiger partial charge in [0.25, 0.3) is 5.56 Å². The van der Waals surface area contributed by atoms with Crippen LogP contribution in [0.1, 0.15) is 5.56 Å². The summed E-state index contributed by atoms with van der Waals surface area (Å²) in [6.07, 6.45) is 1.41. The van der Waals surface area contributed by atoms with Gasteiger partial charge in [-0.15, -0.1) is 0 Å². The molecule has 0 radical (unpaired) electrons. The molecule has 0 bridgehead atoms. The minimum absolute atomic E-state index is 0.0701. The van der Waals surface area contributed by atoms with Gasteiger partial charge in [0.2, 0.25) is 5.95 Å². The molecular weight excluding hydrogens is 404 g/mol. The van der Waals surface area contributed by atoms with Gasteiger partial charge in [-0.1, -0.05) is 11.6 Å². The van der Waals surface area contributed by atoms with Gasteiger partial charge in [0, 0.05) is 20.6 Å². The Labute approximate surface area is 169 Å². The zero-order valence-corrected chi connectivity index (χ0v) is 16.6. The number of halogens is 1. The largest absolute Gasteiger partial charge is 0.503 e. The van der Waals surface area contributed by atoms with Gasteiger partial charge in [-0.05, 0) is 17.7 Å². The third kappa shape index (κ3) is 3.57. The number of ether oxygens (including phenoxy) is 1. The summed E-state index contributed by atoms with van der Waals surface area (Å²) >= 11 is 5.95. The first-order valence-corrected chi connectivity index (χ1v) is 8.80. The lowest BCUT2D eigenvalue weighted by Gasteiger charge is -2.07. The number of rotatable bonds is 6. The van der Waals surface area contributed by atoms with E-state index in [1.54, 1.807) is 0 Å². The number of imidazole rings is 1. The number of aromatic hydroxyl groups is 1. The van der Waals surface area contributed by atoms with Gasteiger partial charge in [-0.2, -0.15) is 10.1 Å². The number of aliphatic hydroxyl groups excluding tert-OH is 1. The van der Waals surface area contributed by atoms with E-state index in [1.807, 2.05) is 0 Å². The maximum Gasteiger partial charge on any atom is 0.332 e. The van der Waals surface area contributed by atoms with Crippen molar-refractivity contribution in [2.75, 3.05) is 19.1 Å². The Balaban J connectivity index is 2.04. The van der Waals surface area contributed by atoms with Gasteiger partial charge in [0.05, 0.1) is 25.0 Å². The molecule has 3 rings (SSSR count). The monoisotopic (exact) mass is 422 g/mol. The Morgan fingerprint density at radius 3 is 2.69 bits per heavy atom. The van der Waals surface area contributed by atoms with Crippen LogP contribution in [0.3, 0.4) is 0 Å². The molecule has 0 aliphatic heterocycles. The number of methoxy groups -OCH3 is 1. The van der Waals surface area contributed by atoms with E-state index < -0.39 is 11.2 Å². The summed E-state index contributed by atoms with van der Waals surface area (Å²) < 4.78 is 8.69. The Morgan fingerprint density at radius 1 is 1.31 bits per heavy atom. The number of hydrogen-bond donors (Lipinski definition) is 3. The molecule has 0 unspecified atom stereocenters. The van der Waals surface area contributed by atoms with E-state index >= 15 is 0 Å². The predicted octanol–water partition coefficient (Wildman–Crippen LogP) is 0.240. The molecule has 0 amide bonds. The fourth-order valence-electron chi connectivity index (χ4n) is 2.84. The first-order chi connectivity index (χ1) is 13.8. The van der Waals surface area contributed by atoms with Crippen molar-refractivity contribution in [3.8, 4) is 11.5 Å². The number of nitrogens with one attached hydrogen (secondary N) is 1. The molecule has 29 heavy (non-hydrogen) atoms. The van der Waals surface area contributed by atoms with Crippen molar-refractivity contribution in [1.29, 1.82) is 0 Å². The lowest BCUT2D eigenvalue weighted by molar-refractivity contribution is 0.278. The van der Waals surface area contributed by atoms with Crippen LogP contribution in [0.4, 0.5) is 5.95 Å². The maximum absolute atomic E-state index is 12.5. The lowest BCUT2D eigenvalue weighted by Crippen LogP contribution is -2.37. The van der Waals surface area contributed by atoms with E-state index in [-0.39, 0.29) is 46.8 Å². The number of anilines is 1. The normalized spacial score (nSPS) is 11.5. The summed E-state index contributed by atoms with van der Waals surface area (Å²) in [5, 5.41) is 23.3. The molecule has 12 heteroatoms. The molecule has 0 aliphatic carbocycles. The molecule has 2 heterocycles. The average Bonchev–Trinajstić information content (AvgIpc) is 3.06. The van der Waals surface area contributed by atoms with Crippen molar-refractivity contribution in [2.45, 2.75) is 6.54 Å². The van der Waals surface area contributed by atoms with Gasteiger partial charge < -0.3 is 19.5 Å². The molecule has 0 fully saturated rings. The fraction of sp³-hybridized carbons (Fsp3) is 0.294. The van der Waals surface area contributed by atoms with E-state index in [1.165, 1.54) is 48.7 Å². The lowest BCUT2D eigenvalue weighted by atomic mass is 10.2. The van der Waals surface area contributed by atoms with E-state index in [4.69, 9.17) is 16.3 Å². The molecule has 0 spiro atoms. The predicted molar refractivity (Wildman–Crippen MR) is 108 cm³/mol. The Morgan fingerprint density at radius 2 is 2.03 bits per heavy atom. The van der Waals surface area contributed by atoms with E-state index in [2.05, 4.69) is 15.5 Å². The molecule has 0 saturated heterocycles. The zero-order chi connectivity index (χ0) is 21.3. The summed E-state index contributed by atoms with van der Waals surface area (Å²) in [4.78, 5) is 28.9. The maximum atomic E-state index is 12.5. The number of phenols is 1. The highest BCUT2D eigenvalue weighted by Gasteiger charge is 2.18. The van der Waals surface area contributed by atoms with E-state index in [0.717, 1.165) is 4.57 Å². The molecule has 0 saturated carbocycles. The van der Waals surface area contributed by atoms with Crippen LogP contribution in [0, 0.1) is 0 Å².